The van der Waals surface area contributed by atoms with E-state index >= 15 is 0 Å². The quantitative estimate of drug-likeness (QED) is 0.0366. The number of hydrogen-bond acceptors (Lipinski definition) is 28. The van der Waals surface area contributed by atoms with Gasteiger partial charge in [0.15, 0.2) is 0 Å². The SMILES string of the molecule is CO.CO.CO.CO.CO.O.O.O=C([O-])[O-].[Ni+2].[Ni+2].[Ni+2].[Ni+2].[O-]c1ccccc1C=NCCN1CCN(CCN=Cc2ccccc2[O-])C1c1ccccc1[O-].[O-]c1ccccc1C=NCCN1CCN(CCN=Cc2ccccc2[O-])C1c1ccccc1[O-].o1oo1.o1oo1. The van der Waals surface area contributed by atoms with Crippen molar-refractivity contribution >= 4 is 31.0 Å². The molecule has 0 bridgehead atoms. The zero-order valence-electron chi connectivity index (χ0n) is 51.5. The van der Waals surface area contributed by atoms with Crippen LogP contribution in [0.2, 0.25) is 0 Å². The molecule has 2 aromatic heterocycles. The van der Waals surface area contributed by atoms with Crippen molar-refractivity contribution in [3.05, 3.63) is 179 Å². The average Bonchev–Trinajstić information content (AvgIpc) is 1.64. The molecule has 94 heavy (non-hydrogen) atoms. The van der Waals surface area contributed by atoms with Crippen molar-refractivity contribution in [1.82, 2.24) is 19.6 Å². The van der Waals surface area contributed by atoms with E-state index < -0.39 is 6.16 Å². The Kier molecular flexibility index (Phi) is 63.9. The minimum Gasteiger partial charge on any atom is -0.872 e. The van der Waals surface area contributed by atoms with Crippen LogP contribution in [0.5, 0.6) is 34.5 Å². The Morgan fingerprint density at radius 2 is 0.532 bits per heavy atom. The van der Waals surface area contributed by atoms with Crippen molar-refractivity contribution in [2.24, 2.45) is 20.0 Å². The monoisotopic (exact) mass is 1490 g/mol. The number of nitrogens with zero attached hydrogens (tertiary/aromatic N) is 8. The Hall–Kier alpha value is -7.60. The molecule has 2 saturated heterocycles. The van der Waals surface area contributed by atoms with Crippen LogP contribution in [0.4, 0.5) is 4.79 Å². The van der Waals surface area contributed by atoms with Crippen LogP contribution in [0.15, 0.2) is 194 Å². The number of para-hydroxylation sites is 6. The molecule has 0 spiro atoms. The summed E-state index contributed by atoms with van der Waals surface area (Å²) in [5.74, 6) is -0.156. The van der Waals surface area contributed by atoms with Crippen LogP contribution >= 0.6 is 0 Å². The first kappa shape index (κ1) is 97.5. The fraction of sp³-hybridized carbons (Fsp3) is 0.317. The minimum atomic E-state index is -2.33. The third kappa shape index (κ3) is 39.2. The third-order valence-corrected chi connectivity index (χ3v) is 11.9. The predicted molar refractivity (Wildman–Crippen MR) is 317 cm³/mol. The van der Waals surface area contributed by atoms with Crippen LogP contribution in [0.1, 0.15) is 45.7 Å². The van der Waals surface area contributed by atoms with Gasteiger partial charge in [-0.25, -0.2) is 0 Å². The van der Waals surface area contributed by atoms with E-state index in [-0.39, 0.29) is 124 Å². The molecule has 0 amide bonds. The number of aliphatic imine (C=N–C) groups is 4. The Morgan fingerprint density at radius 1 is 0.362 bits per heavy atom. The first-order chi connectivity index (χ1) is 43.0. The summed E-state index contributed by atoms with van der Waals surface area (Å²) in [5.41, 5.74) is 3.77. The minimum absolute atomic E-state index is 0. The molecule has 2 aliphatic heterocycles. The second-order valence-corrected chi connectivity index (χ2v) is 16.9. The Balaban J connectivity index is -0.000000305. The van der Waals surface area contributed by atoms with Gasteiger partial charge >= 0.3 is 66.0 Å². The van der Waals surface area contributed by atoms with Gasteiger partial charge in [-0.15, -0.1) is 34.5 Å². The number of hydrogen-bond donors (Lipinski definition) is 5. The summed E-state index contributed by atoms with van der Waals surface area (Å²) in [4.78, 5) is 35.1. The van der Waals surface area contributed by atoms with E-state index in [4.69, 9.17) is 40.5 Å². The molecule has 0 saturated carbocycles. The van der Waals surface area contributed by atoms with Crippen LogP contribution in [0.3, 0.4) is 0 Å². The summed E-state index contributed by atoms with van der Waals surface area (Å²) < 4.78 is 21.0. The van der Waals surface area contributed by atoms with Gasteiger partial charge in [0.25, 0.3) is 0 Å². The summed E-state index contributed by atoms with van der Waals surface area (Å²) in [6.07, 6.45) is 3.84. The maximum atomic E-state index is 12.6. The third-order valence-electron chi connectivity index (χ3n) is 11.9. The molecule has 2 aliphatic rings. The van der Waals surface area contributed by atoms with E-state index in [1.807, 2.05) is 48.5 Å². The summed E-state index contributed by atoms with van der Waals surface area (Å²) in [5, 5.41) is 124. The fourth-order valence-corrected chi connectivity index (χ4v) is 8.32. The van der Waals surface area contributed by atoms with Gasteiger partial charge in [0.05, 0.1) is 38.5 Å². The standard InChI is InChI=1S/2C27H30N4O3.CH2O3.5CH4O.4Ni.2O3.2H2O/c2*32-24-10-4-1-7-21(24)19-28-13-15-30-17-18-31(27(30)23-9-3-6-12-26(23)34)16-14-29-20-22-8-2-5-11-25(22)33;2-1(3)4;5*1-2;;;;;2*1-2-3-1;;/h2*1-12,19-20,27,32-34H,13-18H2;(H2,2,3,4);5*2H,1H3;;;;;;;2*1H2/q;;;;;;;;4*+2;;;;/p-8. The molecule has 30 nitrogen and oxygen atoms in total. The molecule has 2 fully saturated rings. The molecule has 6 aromatic carbocycles. The molecular formula is C60H78N8Ni4O22. The van der Waals surface area contributed by atoms with Crippen LogP contribution in [-0.4, -0.2) is 201 Å². The smallest absolute Gasteiger partial charge is 0.872 e. The first-order valence-electron chi connectivity index (χ1n) is 26.6. The maximum absolute atomic E-state index is 12.6. The summed E-state index contributed by atoms with van der Waals surface area (Å²) in [6, 6.07) is 41.5. The van der Waals surface area contributed by atoms with E-state index in [1.165, 1.54) is 24.3 Å². The van der Waals surface area contributed by atoms with Crippen LogP contribution in [0.25, 0.3) is 0 Å². The number of carboxylic acid groups (broad SMARTS) is 2. The zero-order valence-corrected chi connectivity index (χ0v) is 55.5. The van der Waals surface area contributed by atoms with Crippen molar-refractivity contribution in [3.8, 4) is 34.5 Å². The van der Waals surface area contributed by atoms with Crippen molar-refractivity contribution in [1.29, 1.82) is 0 Å². The maximum Gasteiger partial charge on any atom is 2.00 e. The van der Waals surface area contributed by atoms with E-state index in [9.17, 15) is 30.6 Å². The van der Waals surface area contributed by atoms with Gasteiger partial charge in [0.1, 0.15) is 0 Å². The van der Waals surface area contributed by atoms with Gasteiger partial charge in [0.2, 0.25) is 0 Å². The molecule has 0 aliphatic carbocycles. The number of aliphatic hydroxyl groups excluding tert-OH is 5. The van der Waals surface area contributed by atoms with Crippen LogP contribution < -0.4 is 40.9 Å². The topological polar surface area (TPSA) is 507 Å². The number of carbonyl (C=O) groups is 1. The van der Waals surface area contributed by atoms with Crippen molar-refractivity contribution in [2.45, 2.75) is 12.3 Å². The number of aliphatic hydroxyl groups is 5. The summed E-state index contributed by atoms with van der Waals surface area (Å²) in [7, 11) is 5.00. The summed E-state index contributed by atoms with van der Waals surface area (Å²) >= 11 is 0. The number of rotatable bonds is 18. The van der Waals surface area contributed by atoms with Gasteiger partial charge in [0, 0.05) is 141 Å². The predicted octanol–water partition coefficient (Wildman–Crippen LogP) is -1.61. The molecule has 0 radical (unpaired) electrons. The molecule has 0 unspecified atom stereocenters. The molecule has 34 heteroatoms. The first-order valence-corrected chi connectivity index (χ1v) is 26.6. The van der Waals surface area contributed by atoms with Crippen LogP contribution in [-0.2, 0) is 66.0 Å². The molecule has 530 valence electrons. The van der Waals surface area contributed by atoms with Gasteiger partial charge in [-0.2, -0.15) is 0 Å². The molecule has 9 N–H and O–H groups in total. The fourth-order valence-electron chi connectivity index (χ4n) is 8.32. The Labute approximate surface area is 583 Å². The zero-order chi connectivity index (χ0) is 65.3. The van der Waals surface area contributed by atoms with Gasteiger partial charge < -0.3 is 82.1 Å². The largest absolute Gasteiger partial charge is 2.00 e. The molecule has 0 atom stereocenters. The van der Waals surface area contributed by atoms with E-state index in [0.717, 1.165) is 72.9 Å². The second-order valence-electron chi connectivity index (χ2n) is 16.9. The normalized spacial score (nSPS) is 13.6. The molecule has 10 rings (SSSR count). The molecule has 8 aromatic rings. The van der Waals surface area contributed by atoms with Gasteiger partial charge in [-0.3, -0.25) is 39.6 Å². The van der Waals surface area contributed by atoms with Gasteiger partial charge in [-0.05, 0) is 39.5 Å². The van der Waals surface area contributed by atoms with E-state index in [1.54, 1.807) is 97.7 Å². The van der Waals surface area contributed by atoms with E-state index in [2.05, 4.69) is 68.0 Å². The number of benzene rings is 6. The Morgan fingerprint density at radius 3 is 0.702 bits per heavy atom. The van der Waals surface area contributed by atoms with Crippen molar-refractivity contribution in [2.75, 3.05) is 114 Å². The second kappa shape index (κ2) is 61.6. The van der Waals surface area contributed by atoms with Gasteiger partial charge in [-0.1, -0.05) is 146 Å². The molecule has 4 heterocycles. The molecular weight excluding hydrogens is 1420 g/mol. The van der Waals surface area contributed by atoms with Crippen molar-refractivity contribution < 1.29 is 177 Å². The van der Waals surface area contributed by atoms with Crippen molar-refractivity contribution in [3.63, 3.8) is 0 Å². The summed E-state index contributed by atoms with van der Waals surface area (Å²) in [6.45, 7) is 7.99. The van der Waals surface area contributed by atoms with Crippen LogP contribution in [0, 0.1) is 0 Å². The number of carbonyl (C=O) groups excluding carboxylic acids is 1. The average molecular weight is 1500 g/mol. The van der Waals surface area contributed by atoms with E-state index in [0.29, 0.717) is 74.6 Å². The Bertz CT molecular complexity index is 2740.